The standard InChI is InChI=1S/C17H20O2.Fe/c1-2-3-4-7-13-19-17(18)16-12-8-10-14-9-5-6-11-15(14)16;/h5-6,8-12H,2-4,7,13H2,1H3;. The van der Waals surface area contributed by atoms with Crippen LogP contribution in [0.25, 0.3) is 10.8 Å². The molecular formula is C17H20FeO2. The number of rotatable bonds is 6. The average molecular weight is 312 g/mol. The molecular weight excluding hydrogens is 292 g/mol. The van der Waals surface area contributed by atoms with E-state index in [4.69, 9.17) is 4.74 Å². The van der Waals surface area contributed by atoms with Crippen LogP contribution in [0.4, 0.5) is 0 Å². The smallest absolute Gasteiger partial charge is 0.338 e. The first kappa shape index (κ1) is 16.7. The summed E-state index contributed by atoms with van der Waals surface area (Å²) in [5.74, 6) is -0.215. The second-order valence-electron chi connectivity index (χ2n) is 4.72. The van der Waals surface area contributed by atoms with Crippen molar-refractivity contribution in [1.29, 1.82) is 0 Å². The van der Waals surface area contributed by atoms with Crippen LogP contribution in [0.15, 0.2) is 42.5 Å². The maximum atomic E-state index is 12.1. The number of unbranched alkanes of at least 4 members (excludes halogenated alkanes) is 3. The Kier molecular flexibility index (Phi) is 7.35. The van der Waals surface area contributed by atoms with Gasteiger partial charge in [-0.3, -0.25) is 0 Å². The Bertz CT molecular complexity index is 546. The normalized spacial score (nSPS) is 10.1. The average Bonchev–Trinajstić information content (AvgIpc) is 2.46. The minimum Gasteiger partial charge on any atom is -0.462 e. The molecule has 0 N–H and O–H groups in total. The number of carbonyl (C=O) groups is 1. The molecule has 20 heavy (non-hydrogen) atoms. The summed E-state index contributed by atoms with van der Waals surface area (Å²) in [5, 5.41) is 2.03. The van der Waals surface area contributed by atoms with Crippen molar-refractivity contribution in [3.63, 3.8) is 0 Å². The van der Waals surface area contributed by atoms with E-state index < -0.39 is 0 Å². The van der Waals surface area contributed by atoms with Crippen LogP contribution in [0.3, 0.4) is 0 Å². The molecule has 0 atom stereocenters. The first-order valence-corrected chi connectivity index (χ1v) is 6.98. The van der Waals surface area contributed by atoms with Gasteiger partial charge >= 0.3 is 5.97 Å². The van der Waals surface area contributed by atoms with Crippen molar-refractivity contribution >= 4 is 16.7 Å². The van der Waals surface area contributed by atoms with Crippen molar-refractivity contribution in [3.05, 3.63) is 48.0 Å². The molecule has 2 rings (SSSR count). The summed E-state index contributed by atoms with van der Waals surface area (Å²) in [6.45, 7) is 2.68. The van der Waals surface area contributed by atoms with E-state index in [0.29, 0.717) is 12.2 Å². The Hall–Kier alpha value is -1.31. The first-order chi connectivity index (χ1) is 9.33. The zero-order chi connectivity index (χ0) is 13.5. The van der Waals surface area contributed by atoms with E-state index in [1.54, 1.807) is 0 Å². The third-order valence-electron chi connectivity index (χ3n) is 3.24. The molecule has 0 aromatic heterocycles. The first-order valence-electron chi connectivity index (χ1n) is 6.98. The third-order valence-corrected chi connectivity index (χ3v) is 3.24. The van der Waals surface area contributed by atoms with Crippen LogP contribution in [0, 0.1) is 0 Å². The van der Waals surface area contributed by atoms with Crippen molar-refractivity contribution in [2.24, 2.45) is 0 Å². The van der Waals surface area contributed by atoms with Crippen LogP contribution < -0.4 is 0 Å². The summed E-state index contributed by atoms with van der Waals surface area (Å²) in [6.07, 6.45) is 4.47. The number of ether oxygens (including phenoxy) is 1. The zero-order valence-electron chi connectivity index (χ0n) is 11.7. The molecule has 0 heterocycles. The minimum absolute atomic E-state index is 0. The van der Waals surface area contributed by atoms with Gasteiger partial charge in [0.2, 0.25) is 0 Å². The fraction of sp³-hybridized carbons (Fsp3) is 0.353. The molecule has 0 fully saturated rings. The van der Waals surface area contributed by atoms with Crippen LogP contribution >= 0.6 is 0 Å². The van der Waals surface area contributed by atoms with Crippen molar-refractivity contribution < 1.29 is 26.6 Å². The van der Waals surface area contributed by atoms with Gasteiger partial charge in [0.15, 0.2) is 0 Å². The van der Waals surface area contributed by atoms with Crippen LogP contribution in [0.1, 0.15) is 43.0 Å². The van der Waals surface area contributed by atoms with Gasteiger partial charge in [-0.1, -0.05) is 62.6 Å². The van der Waals surface area contributed by atoms with Crippen LogP contribution in [-0.4, -0.2) is 12.6 Å². The molecule has 2 aromatic rings. The van der Waals surface area contributed by atoms with E-state index in [1.807, 2.05) is 42.5 Å². The van der Waals surface area contributed by atoms with Gasteiger partial charge in [0.05, 0.1) is 12.2 Å². The molecule has 0 aliphatic carbocycles. The quantitative estimate of drug-likeness (QED) is 0.443. The largest absolute Gasteiger partial charge is 0.462 e. The second-order valence-corrected chi connectivity index (χ2v) is 4.72. The number of fused-ring (bicyclic) bond motifs is 1. The second kappa shape index (κ2) is 8.78. The Morgan fingerprint density at radius 1 is 1.00 bits per heavy atom. The number of esters is 1. The van der Waals surface area contributed by atoms with Crippen molar-refractivity contribution in [3.8, 4) is 0 Å². The van der Waals surface area contributed by atoms with Gasteiger partial charge in [0.1, 0.15) is 0 Å². The molecule has 2 aromatic carbocycles. The van der Waals surface area contributed by atoms with Gasteiger partial charge in [0, 0.05) is 17.1 Å². The van der Waals surface area contributed by atoms with E-state index >= 15 is 0 Å². The van der Waals surface area contributed by atoms with E-state index in [1.165, 1.54) is 12.8 Å². The summed E-state index contributed by atoms with van der Waals surface area (Å²) < 4.78 is 5.34. The topological polar surface area (TPSA) is 26.3 Å². The fourth-order valence-electron chi connectivity index (χ4n) is 2.17. The number of hydrogen-bond acceptors (Lipinski definition) is 2. The molecule has 0 radical (unpaired) electrons. The fourth-order valence-corrected chi connectivity index (χ4v) is 2.17. The maximum Gasteiger partial charge on any atom is 0.338 e. The van der Waals surface area contributed by atoms with E-state index in [-0.39, 0.29) is 23.0 Å². The molecule has 0 saturated carbocycles. The third kappa shape index (κ3) is 4.36. The summed E-state index contributed by atoms with van der Waals surface area (Å²) in [4.78, 5) is 12.1. The molecule has 0 aliphatic rings. The van der Waals surface area contributed by atoms with Gasteiger partial charge in [-0.05, 0) is 23.3 Å². The SMILES string of the molecule is CCCCCCOC(=O)c1cccc2ccccc12.[Fe]. The summed E-state index contributed by atoms with van der Waals surface area (Å²) in [5.41, 5.74) is 0.661. The molecule has 0 aliphatic heterocycles. The molecule has 0 amide bonds. The summed E-state index contributed by atoms with van der Waals surface area (Å²) >= 11 is 0. The van der Waals surface area contributed by atoms with Gasteiger partial charge in [0.25, 0.3) is 0 Å². The molecule has 0 unspecified atom stereocenters. The molecule has 3 heteroatoms. The Balaban J connectivity index is 0.00000200. The summed E-state index contributed by atoms with van der Waals surface area (Å²) in [7, 11) is 0. The van der Waals surface area contributed by atoms with Crippen LogP contribution in [0.2, 0.25) is 0 Å². The molecule has 0 saturated heterocycles. The van der Waals surface area contributed by atoms with Crippen LogP contribution in [-0.2, 0) is 21.8 Å². The molecule has 0 spiro atoms. The van der Waals surface area contributed by atoms with Crippen molar-refractivity contribution in [2.45, 2.75) is 32.6 Å². The van der Waals surface area contributed by atoms with Crippen molar-refractivity contribution in [1.82, 2.24) is 0 Å². The van der Waals surface area contributed by atoms with E-state index in [0.717, 1.165) is 23.6 Å². The Morgan fingerprint density at radius 3 is 2.55 bits per heavy atom. The van der Waals surface area contributed by atoms with Gasteiger partial charge < -0.3 is 4.74 Å². The van der Waals surface area contributed by atoms with Gasteiger partial charge in [-0.2, -0.15) is 0 Å². The zero-order valence-corrected chi connectivity index (χ0v) is 12.9. The molecule has 2 nitrogen and oxygen atoms in total. The molecule has 108 valence electrons. The predicted octanol–water partition coefficient (Wildman–Crippen LogP) is 4.57. The molecule has 0 bridgehead atoms. The van der Waals surface area contributed by atoms with Crippen molar-refractivity contribution in [2.75, 3.05) is 6.61 Å². The Morgan fingerprint density at radius 2 is 1.75 bits per heavy atom. The van der Waals surface area contributed by atoms with Gasteiger partial charge in [-0.15, -0.1) is 0 Å². The van der Waals surface area contributed by atoms with Crippen LogP contribution in [0.5, 0.6) is 0 Å². The number of carbonyl (C=O) groups excluding carboxylic acids is 1. The Labute approximate surface area is 131 Å². The number of benzene rings is 2. The predicted molar refractivity (Wildman–Crippen MR) is 78.4 cm³/mol. The number of hydrogen-bond donors (Lipinski definition) is 0. The van der Waals surface area contributed by atoms with E-state index in [2.05, 4.69) is 6.92 Å². The monoisotopic (exact) mass is 312 g/mol. The maximum absolute atomic E-state index is 12.1. The van der Waals surface area contributed by atoms with Gasteiger partial charge in [-0.25, -0.2) is 4.79 Å². The minimum atomic E-state index is -0.215. The summed E-state index contributed by atoms with van der Waals surface area (Å²) in [6, 6.07) is 13.6. The van der Waals surface area contributed by atoms with E-state index in [9.17, 15) is 4.79 Å².